The largest absolute Gasteiger partial charge is 0.437 e. The number of nitrogen functional groups attached to an aromatic ring is 1. The summed E-state index contributed by atoms with van der Waals surface area (Å²) in [7, 11) is 0. The molecule has 102 valence electrons. The summed E-state index contributed by atoms with van der Waals surface area (Å²) in [6.07, 6.45) is 2.34. The molecule has 0 saturated carbocycles. The molecule has 0 unspecified atom stereocenters. The van der Waals surface area contributed by atoms with E-state index in [4.69, 9.17) is 22.1 Å². The molecule has 0 aliphatic heterocycles. The van der Waals surface area contributed by atoms with Crippen molar-refractivity contribution >= 4 is 28.7 Å². The molecule has 0 aliphatic rings. The number of rotatable bonds is 3. The molecule has 2 heterocycles. The Balaban J connectivity index is 2.02. The molecule has 0 spiro atoms. The fraction of sp³-hybridized carbons (Fsp3) is 0.154. The van der Waals surface area contributed by atoms with E-state index in [1.165, 1.54) is 6.33 Å². The summed E-state index contributed by atoms with van der Waals surface area (Å²) in [5, 5.41) is 0.716. The van der Waals surface area contributed by atoms with Crippen molar-refractivity contribution in [2.75, 3.05) is 5.73 Å². The third-order valence-corrected chi connectivity index (χ3v) is 3.25. The number of fused-ring (bicyclic) bond motifs is 1. The highest BCUT2D eigenvalue weighted by atomic mass is 35.5. The van der Waals surface area contributed by atoms with Gasteiger partial charge in [-0.15, -0.1) is 0 Å². The molecule has 0 aliphatic carbocycles. The lowest BCUT2D eigenvalue weighted by Crippen LogP contribution is -1.98. The van der Waals surface area contributed by atoms with E-state index in [9.17, 15) is 0 Å². The minimum atomic E-state index is 0.115. The third kappa shape index (κ3) is 2.25. The lowest BCUT2D eigenvalue weighted by atomic mass is 10.1. The zero-order valence-electron chi connectivity index (χ0n) is 10.7. The first-order chi connectivity index (χ1) is 9.67. The van der Waals surface area contributed by atoms with Gasteiger partial charge < -0.3 is 15.5 Å². The van der Waals surface area contributed by atoms with Crippen molar-refractivity contribution in [3.05, 3.63) is 35.1 Å². The van der Waals surface area contributed by atoms with Gasteiger partial charge in [0, 0.05) is 5.02 Å². The second kappa shape index (κ2) is 4.97. The average Bonchev–Trinajstić information content (AvgIpc) is 2.89. The highest BCUT2D eigenvalue weighted by molar-refractivity contribution is 6.31. The van der Waals surface area contributed by atoms with Crippen molar-refractivity contribution in [1.82, 2.24) is 19.9 Å². The zero-order valence-corrected chi connectivity index (χ0v) is 11.5. The van der Waals surface area contributed by atoms with E-state index >= 15 is 0 Å². The molecule has 6 nitrogen and oxygen atoms in total. The topological polar surface area (TPSA) is 89.7 Å². The van der Waals surface area contributed by atoms with E-state index in [0.717, 1.165) is 12.0 Å². The van der Waals surface area contributed by atoms with Gasteiger partial charge in [-0.3, -0.25) is 0 Å². The van der Waals surface area contributed by atoms with Gasteiger partial charge in [0.1, 0.15) is 11.3 Å². The number of halogens is 1. The molecule has 3 rings (SSSR count). The Morgan fingerprint density at radius 1 is 1.35 bits per heavy atom. The lowest BCUT2D eigenvalue weighted by Gasteiger charge is -2.08. The SMILES string of the molecule is CCc1cc(Oc2nc(N)nc3nc[nH]c23)ccc1Cl. The summed E-state index contributed by atoms with van der Waals surface area (Å²) in [5.41, 5.74) is 7.72. The molecule has 0 amide bonds. The summed E-state index contributed by atoms with van der Waals surface area (Å²) in [6, 6.07) is 5.45. The maximum absolute atomic E-state index is 6.08. The van der Waals surface area contributed by atoms with Gasteiger partial charge in [0.15, 0.2) is 5.65 Å². The number of hydrogen-bond donors (Lipinski definition) is 2. The molecule has 0 atom stereocenters. The minimum Gasteiger partial charge on any atom is -0.437 e. The van der Waals surface area contributed by atoms with Crippen molar-refractivity contribution in [3.63, 3.8) is 0 Å². The molecule has 0 bridgehead atoms. The maximum atomic E-state index is 6.08. The Morgan fingerprint density at radius 3 is 3.00 bits per heavy atom. The molecule has 2 aromatic heterocycles. The monoisotopic (exact) mass is 289 g/mol. The lowest BCUT2D eigenvalue weighted by molar-refractivity contribution is 0.467. The number of nitrogens with one attached hydrogen (secondary N) is 1. The number of aromatic amines is 1. The number of hydrogen-bond acceptors (Lipinski definition) is 5. The summed E-state index contributed by atoms with van der Waals surface area (Å²) in [5.74, 6) is 1.10. The Kier molecular flexibility index (Phi) is 3.15. The number of imidazole rings is 1. The number of H-pyrrole nitrogens is 1. The van der Waals surface area contributed by atoms with Gasteiger partial charge in [-0.25, -0.2) is 4.98 Å². The smallest absolute Gasteiger partial charge is 0.250 e. The van der Waals surface area contributed by atoms with Gasteiger partial charge >= 0.3 is 0 Å². The average molecular weight is 290 g/mol. The van der Waals surface area contributed by atoms with E-state index in [-0.39, 0.29) is 5.95 Å². The Bertz CT molecular complexity index is 771. The van der Waals surface area contributed by atoms with Crippen LogP contribution in [-0.2, 0) is 6.42 Å². The van der Waals surface area contributed by atoms with Crippen molar-refractivity contribution in [2.24, 2.45) is 0 Å². The summed E-state index contributed by atoms with van der Waals surface area (Å²) in [6.45, 7) is 2.03. The molecule has 1 aromatic carbocycles. The minimum absolute atomic E-state index is 0.115. The van der Waals surface area contributed by atoms with Crippen LogP contribution in [0.2, 0.25) is 5.02 Å². The second-order valence-electron chi connectivity index (χ2n) is 4.20. The Hall–Kier alpha value is -2.34. The van der Waals surface area contributed by atoms with E-state index in [1.54, 1.807) is 12.1 Å². The standard InChI is InChI=1S/C13H12ClN5O/c1-2-7-5-8(3-4-9(7)14)20-12-10-11(17-6-16-10)18-13(15)19-12/h3-6H,2H2,1H3,(H3,15,16,17,18,19). The summed E-state index contributed by atoms with van der Waals surface area (Å²) >= 11 is 6.08. The van der Waals surface area contributed by atoms with Crippen LogP contribution in [0.5, 0.6) is 11.6 Å². The van der Waals surface area contributed by atoms with Crippen molar-refractivity contribution in [1.29, 1.82) is 0 Å². The first kappa shape index (κ1) is 12.7. The predicted molar refractivity (Wildman–Crippen MR) is 77.0 cm³/mol. The zero-order chi connectivity index (χ0) is 14.1. The number of ether oxygens (including phenoxy) is 1. The van der Waals surface area contributed by atoms with Crippen molar-refractivity contribution in [2.45, 2.75) is 13.3 Å². The van der Waals surface area contributed by atoms with Crippen molar-refractivity contribution < 1.29 is 4.74 Å². The Morgan fingerprint density at radius 2 is 2.20 bits per heavy atom. The summed E-state index contributed by atoms with van der Waals surface area (Å²) < 4.78 is 5.77. The van der Waals surface area contributed by atoms with Gasteiger partial charge in [-0.1, -0.05) is 18.5 Å². The van der Waals surface area contributed by atoms with Crippen molar-refractivity contribution in [3.8, 4) is 11.6 Å². The fourth-order valence-electron chi connectivity index (χ4n) is 1.89. The van der Waals surface area contributed by atoms with E-state index in [0.29, 0.717) is 27.8 Å². The molecule has 20 heavy (non-hydrogen) atoms. The van der Waals surface area contributed by atoms with Gasteiger partial charge in [-0.05, 0) is 30.2 Å². The number of nitrogens with zero attached hydrogens (tertiary/aromatic N) is 3. The molecule has 0 fully saturated rings. The number of aromatic nitrogens is 4. The summed E-state index contributed by atoms with van der Waals surface area (Å²) in [4.78, 5) is 15.1. The van der Waals surface area contributed by atoms with Crippen LogP contribution in [0.4, 0.5) is 5.95 Å². The van der Waals surface area contributed by atoms with Gasteiger partial charge in [0.2, 0.25) is 5.95 Å². The number of benzene rings is 1. The van der Waals surface area contributed by atoms with Crippen LogP contribution < -0.4 is 10.5 Å². The molecule has 0 saturated heterocycles. The van der Waals surface area contributed by atoms with Crippen LogP contribution in [0.15, 0.2) is 24.5 Å². The van der Waals surface area contributed by atoms with E-state index in [2.05, 4.69) is 19.9 Å². The molecular weight excluding hydrogens is 278 g/mol. The maximum Gasteiger partial charge on any atom is 0.250 e. The van der Waals surface area contributed by atoms with Gasteiger partial charge in [-0.2, -0.15) is 9.97 Å². The predicted octanol–water partition coefficient (Wildman–Crippen LogP) is 2.94. The normalized spacial score (nSPS) is 10.9. The van der Waals surface area contributed by atoms with Crippen LogP contribution in [0.1, 0.15) is 12.5 Å². The van der Waals surface area contributed by atoms with Crippen LogP contribution in [0, 0.1) is 0 Å². The van der Waals surface area contributed by atoms with E-state index < -0.39 is 0 Å². The van der Waals surface area contributed by atoms with Crippen LogP contribution in [0.25, 0.3) is 11.2 Å². The second-order valence-corrected chi connectivity index (χ2v) is 4.60. The van der Waals surface area contributed by atoms with Gasteiger partial charge in [0.25, 0.3) is 5.88 Å². The van der Waals surface area contributed by atoms with E-state index in [1.807, 2.05) is 13.0 Å². The molecule has 3 aromatic rings. The third-order valence-electron chi connectivity index (χ3n) is 2.88. The fourth-order valence-corrected chi connectivity index (χ4v) is 2.14. The molecular formula is C13H12ClN5O. The highest BCUT2D eigenvalue weighted by Gasteiger charge is 2.11. The number of aryl methyl sites for hydroxylation is 1. The van der Waals surface area contributed by atoms with Crippen LogP contribution in [-0.4, -0.2) is 19.9 Å². The first-order valence-corrected chi connectivity index (χ1v) is 6.48. The molecule has 7 heteroatoms. The number of nitrogens with two attached hydrogens (primary N) is 1. The highest BCUT2D eigenvalue weighted by Crippen LogP contribution is 2.29. The molecule has 0 radical (unpaired) electrons. The van der Waals surface area contributed by atoms with Gasteiger partial charge in [0.05, 0.1) is 6.33 Å². The first-order valence-electron chi connectivity index (χ1n) is 6.10. The van der Waals surface area contributed by atoms with Crippen LogP contribution in [0.3, 0.4) is 0 Å². The quantitative estimate of drug-likeness (QED) is 0.773. The number of anilines is 1. The Labute approximate surface area is 120 Å². The molecule has 3 N–H and O–H groups in total. The van der Waals surface area contributed by atoms with Crippen LogP contribution >= 0.6 is 11.6 Å².